The lowest BCUT2D eigenvalue weighted by atomic mass is 10.0. The van der Waals surface area contributed by atoms with Crippen LogP contribution in [0.5, 0.6) is 0 Å². The van der Waals surface area contributed by atoms with E-state index in [2.05, 4.69) is 5.32 Å². The third-order valence-corrected chi connectivity index (χ3v) is 9.23. The van der Waals surface area contributed by atoms with Gasteiger partial charge < -0.3 is 21.0 Å². The van der Waals surface area contributed by atoms with Crippen LogP contribution >= 0.6 is 58.3 Å². The molecule has 3 heterocycles. The number of carboxylic acid groups (broad SMARTS) is 1. The van der Waals surface area contributed by atoms with Crippen molar-refractivity contribution in [1.29, 1.82) is 0 Å². The summed E-state index contributed by atoms with van der Waals surface area (Å²) in [6.07, 6.45) is 2.48. The number of aliphatic carboxylic acids is 1. The summed E-state index contributed by atoms with van der Waals surface area (Å²) in [6.45, 7) is 0.746. The molecule has 2 amide bonds. The number of carbonyl (C=O) groups excluding carboxylic acids is 3. The van der Waals surface area contributed by atoms with Crippen molar-refractivity contribution in [3.05, 3.63) is 68.6 Å². The average Bonchev–Trinajstić information content (AvgIpc) is 2.84. The van der Waals surface area contributed by atoms with Crippen molar-refractivity contribution in [3.8, 4) is 0 Å². The summed E-state index contributed by atoms with van der Waals surface area (Å²) in [6, 6.07) is 7.90. The minimum atomic E-state index is -1.42. The summed E-state index contributed by atoms with van der Waals surface area (Å²) in [5.74, 6) is -1.94. The van der Waals surface area contributed by atoms with Gasteiger partial charge in [0, 0.05) is 41.3 Å². The maximum atomic E-state index is 12.9. The number of thioether (sulfide) groups is 2. The Balaban J connectivity index is 1.44. The zero-order chi connectivity index (χ0) is 26.0. The molecule has 1 saturated heterocycles. The summed E-state index contributed by atoms with van der Waals surface area (Å²) in [7, 11) is 0. The van der Waals surface area contributed by atoms with E-state index in [-0.39, 0.29) is 11.4 Å². The third-order valence-electron chi connectivity index (χ3n) is 5.69. The number of amides is 2. The number of benzene rings is 1. The smallest absolute Gasteiger partial charge is 0.253 e. The van der Waals surface area contributed by atoms with Gasteiger partial charge in [-0.2, -0.15) is 4.57 Å². The van der Waals surface area contributed by atoms with Gasteiger partial charge >= 0.3 is 0 Å². The number of nitrogens with one attached hydrogen (secondary N) is 1. The van der Waals surface area contributed by atoms with Crippen LogP contribution in [-0.2, 0) is 27.3 Å². The summed E-state index contributed by atoms with van der Waals surface area (Å²) in [5, 5.41) is 15.2. The van der Waals surface area contributed by atoms with Crippen LogP contribution in [0.2, 0.25) is 15.1 Å². The Hall–Kier alpha value is -1.95. The number of hydrogen-bond donors (Lipinski definition) is 2. The molecule has 0 spiro atoms. The fourth-order valence-corrected chi connectivity index (χ4v) is 6.89. The Labute approximate surface area is 231 Å². The van der Waals surface area contributed by atoms with Crippen LogP contribution in [-0.4, -0.2) is 52.1 Å². The molecule has 0 saturated carbocycles. The molecule has 0 radical (unpaired) electrons. The lowest BCUT2D eigenvalue weighted by molar-refractivity contribution is -0.696. The summed E-state index contributed by atoms with van der Waals surface area (Å²) in [5.41, 5.74) is 7.08. The highest BCUT2D eigenvalue weighted by atomic mass is 35.5. The van der Waals surface area contributed by atoms with Crippen molar-refractivity contribution >= 4 is 76.1 Å². The summed E-state index contributed by atoms with van der Waals surface area (Å²) in [4.78, 5) is 39.3. The quantitative estimate of drug-likeness (QED) is 0.198. The van der Waals surface area contributed by atoms with Gasteiger partial charge in [0.25, 0.3) is 5.91 Å². The van der Waals surface area contributed by atoms with E-state index in [1.165, 1.54) is 22.7 Å². The van der Waals surface area contributed by atoms with Gasteiger partial charge in [-0.05, 0) is 12.1 Å². The maximum Gasteiger partial charge on any atom is 0.253 e. The van der Waals surface area contributed by atoms with Crippen molar-refractivity contribution in [2.75, 3.05) is 18.1 Å². The number of halogens is 3. The van der Waals surface area contributed by atoms with E-state index in [1.54, 1.807) is 6.07 Å². The van der Waals surface area contributed by atoms with Gasteiger partial charge in [-0.25, -0.2) is 0 Å². The predicted octanol–water partition coefficient (Wildman–Crippen LogP) is 1.63. The first-order chi connectivity index (χ1) is 17.2. The third kappa shape index (κ3) is 5.64. The number of carboxylic acids is 1. The van der Waals surface area contributed by atoms with Crippen LogP contribution in [0.25, 0.3) is 0 Å². The van der Waals surface area contributed by atoms with E-state index in [0.717, 1.165) is 17.5 Å². The first kappa shape index (κ1) is 27.1. The monoisotopic (exact) mass is 586 g/mol. The van der Waals surface area contributed by atoms with E-state index < -0.39 is 29.2 Å². The molecule has 1 aromatic carbocycles. The number of pyridine rings is 1. The van der Waals surface area contributed by atoms with E-state index in [0.29, 0.717) is 50.8 Å². The number of β-lactam (4-membered cyclic amide) rings is 1. The molecule has 8 nitrogen and oxygen atoms in total. The lowest BCUT2D eigenvalue weighted by Crippen LogP contribution is -2.71. The molecule has 0 bridgehead atoms. The Morgan fingerprint density at radius 3 is 2.69 bits per heavy atom. The predicted molar refractivity (Wildman–Crippen MR) is 139 cm³/mol. The highest BCUT2D eigenvalue weighted by molar-refractivity contribution is 8.00. The van der Waals surface area contributed by atoms with Crippen LogP contribution in [0.1, 0.15) is 5.69 Å². The Morgan fingerprint density at radius 2 is 1.97 bits per heavy atom. The summed E-state index contributed by atoms with van der Waals surface area (Å²) < 4.78 is 1.92. The number of nitrogens with zero attached hydrogens (tertiary/aromatic N) is 2. The minimum Gasteiger partial charge on any atom is -0.543 e. The number of rotatable bonds is 9. The van der Waals surface area contributed by atoms with Crippen LogP contribution in [0.3, 0.4) is 0 Å². The van der Waals surface area contributed by atoms with Gasteiger partial charge in [-0.3, -0.25) is 14.5 Å². The standard InChI is InChI=1S/C23H21Cl3N4O4S2/c24-14-7-16(26)17(8-15(14)25)35-11-18(31)28-19-21(32)30-20(23(33)34)12(10-36-22(19)30)9-29-6-2-1-3-13(29)4-5-27/h1-3,6-8,19,22H,4-5,9-11,27H2,(H-,28,31,33,34)/t19-,22-/m1/s1. The van der Waals surface area contributed by atoms with Crippen LogP contribution in [0, 0.1) is 0 Å². The van der Waals surface area contributed by atoms with Gasteiger partial charge in [-0.15, -0.1) is 23.5 Å². The van der Waals surface area contributed by atoms with Gasteiger partial charge in [0.15, 0.2) is 18.4 Å². The molecule has 13 heteroatoms. The number of hydrogen-bond acceptors (Lipinski definition) is 7. The molecule has 0 aliphatic carbocycles. The number of nitrogens with two attached hydrogens (primary N) is 1. The second-order valence-electron chi connectivity index (χ2n) is 8.04. The van der Waals surface area contributed by atoms with Gasteiger partial charge in [0.05, 0.1) is 32.5 Å². The van der Waals surface area contributed by atoms with Crippen LogP contribution in [0.15, 0.2) is 52.7 Å². The molecule has 2 aliphatic rings. The second kappa shape index (κ2) is 11.6. The highest BCUT2D eigenvalue weighted by Gasteiger charge is 2.53. The molecule has 1 fully saturated rings. The van der Waals surface area contributed by atoms with Gasteiger partial charge in [0.2, 0.25) is 5.91 Å². The van der Waals surface area contributed by atoms with E-state index in [1.807, 2.05) is 29.0 Å². The topological polar surface area (TPSA) is 119 Å². The van der Waals surface area contributed by atoms with Crippen LogP contribution < -0.4 is 20.7 Å². The Kier molecular flexibility index (Phi) is 8.75. The zero-order valence-corrected chi connectivity index (χ0v) is 22.6. The van der Waals surface area contributed by atoms with Crippen LogP contribution in [0.4, 0.5) is 0 Å². The fourth-order valence-electron chi connectivity index (χ4n) is 4.01. The maximum absolute atomic E-state index is 12.9. The lowest BCUT2D eigenvalue weighted by Gasteiger charge is -2.50. The average molecular weight is 588 g/mol. The van der Waals surface area contributed by atoms with Crippen molar-refractivity contribution in [3.63, 3.8) is 0 Å². The Morgan fingerprint density at radius 1 is 1.22 bits per heavy atom. The first-order valence-electron chi connectivity index (χ1n) is 10.8. The number of aromatic nitrogens is 1. The molecule has 190 valence electrons. The van der Waals surface area contributed by atoms with Crippen molar-refractivity contribution in [1.82, 2.24) is 10.2 Å². The van der Waals surface area contributed by atoms with Gasteiger partial charge in [0.1, 0.15) is 11.4 Å². The molecule has 36 heavy (non-hydrogen) atoms. The van der Waals surface area contributed by atoms with Crippen molar-refractivity contribution in [2.45, 2.75) is 29.3 Å². The first-order valence-corrected chi connectivity index (χ1v) is 14.0. The molecule has 2 aromatic rings. The highest BCUT2D eigenvalue weighted by Crippen LogP contribution is 2.40. The Bertz CT molecular complexity index is 1260. The minimum absolute atomic E-state index is 0.0121. The molecule has 4 rings (SSSR count). The second-order valence-corrected chi connectivity index (χ2v) is 11.4. The number of fused-ring (bicyclic) bond motifs is 1. The molecule has 1 aromatic heterocycles. The summed E-state index contributed by atoms with van der Waals surface area (Å²) >= 11 is 20.7. The zero-order valence-electron chi connectivity index (χ0n) is 18.7. The normalized spacial score (nSPS) is 19.1. The fraction of sp³-hybridized carbons (Fsp3) is 0.304. The SMILES string of the molecule is NCCc1cccc[n+]1CC1=C(C(=O)[O-])N2C(=O)[C@@H](NC(=O)CSc3cc(Cl)c(Cl)cc3Cl)[C@H]2SC1. The van der Waals surface area contributed by atoms with Crippen molar-refractivity contribution < 1.29 is 24.1 Å². The molecular weight excluding hydrogens is 567 g/mol. The van der Waals surface area contributed by atoms with Gasteiger partial charge in [-0.1, -0.05) is 40.9 Å². The molecule has 0 unspecified atom stereocenters. The molecule has 2 aliphatic heterocycles. The van der Waals surface area contributed by atoms with E-state index >= 15 is 0 Å². The number of carbonyl (C=O) groups is 3. The van der Waals surface area contributed by atoms with Crippen molar-refractivity contribution in [2.24, 2.45) is 5.73 Å². The molecule has 3 N–H and O–H groups in total. The van der Waals surface area contributed by atoms with E-state index in [9.17, 15) is 19.5 Å². The van der Waals surface area contributed by atoms with E-state index in [4.69, 9.17) is 40.5 Å². The molecular formula is C23H21Cl3N4O4S2. The molecule has 2 atom stereocenters. The largest absolute Gasteiger partial charge is 0.543 e.